The average Bonchev–Trinajstić information content (AvgIpc) is 2.14. The number of nitrogens with zero attached hydrogens (tertiary/aromatic N) is 2. The molecule has 0 bridgehead atoms. The molecule has 1 aromatic rings. The number of aromatic nitrogens is 1. The molecule has 2 heterocycles. The van der Waals surface area contributed by atoms with Crippen LogP contribution in [0.3, 0.4) is 0 Å². The lowest BCUT2D eigenvalue weighted by molar-refractivity contribution is 0.00768. The van der Waals surface area contributed by atoms with E-state index in [4.69, 9.17) is 0 Å². The van der Waals surface area contributed by atoms with Crippen molar-refractivity contribution in [2.45, 2.75) is 18.9 Å². The lowest BCUT2D eigenvalue weighted by Crippen LogP contribution is -2.62. The first-order valence-corrected chi connectivity index (χ1v) is 5.62. The van der Waals surface area contributed by atoms with Crippen molar-refractivity contribution in [2.75, 3.05) is 18.0 Å². The summed E-state index contributed by atoms with van der Waals surface area (Å²) in [6.07, 6.45) is 2.24. The molecule has 1 N–H and O–H groups in total. The predicted molar refractivity (Wildman–Crippen MR) is 59.3 cm³/mol. The van der Waals surface area contributed by atoms with Crippen molar-refractivity contribution < 1.29 is 9.50 Å². The Hall–Kier alpha value is -0.680. The molecule has 0 aromatic carbocycles. The molecule has 0 spiro atoms. The highest BCUT2D eigenvalue weighted by Crippen LogP contribution is 2.30. The molecule has 0 aliphatic carbocycles. The van der Waals surface area contributed by atoms with Gasteiger partial charge in [0.1, 0.15) is 0 Å². The van der Waals surface area contributed by atoms with Gasteiger partial charge in [-0.25, -0.2) is 9.37 Å². The maximum atomic E-state index is 13.5. The van der Waals surface area contributed by atoms with Crippen molar-refractivity contribution in [3.63, 3.8) is 0 Å². The van der Waals surface area contributed by atoms with Gasteiger partial charge in [0.2, 0.25) is 0 Å². The monoisotopic (exact) mass is 274 g/mol. The molecule has 2 rings (SSSR count). The summed E-state index contributed by atoms with van der Waals surface area (Å²) in [5, 5.41) is 9.79. The summed E-state index contributed by atoms with van der Waals surface area (Å²) in [7, 11) is 0. The highest BCUT2D eigenvalue weighted by Gasteiger charge is 2.41. The number of hydrogen-bond donors (Lipinski definition) is 1. The quantitative estimate of drug-likeness (QED) is 0.896. The molecule has 3 nitrogen and oxygen atoms in total. The molecule has 1 fully saturated rings. The number of rotatable bonds is 2. The van der Waals surface area contributed by atoms with E-state index in [-0.39, 0.29) is 5.82 Å². The first-order valence-electron chi connectivity index (χ1n) is 4.82. The summed E-state index contributed by atoms with van der Waals surface area (Å²) in [5.41, 5.74) is -0.665. The fraction of sp³-hybridized carbons (Fsp3) is 0.500. The topological polar surface area (TPSA) is 36.4 Å². The van der Waals surface area contributed by atoms with Crippen LogP contribution >= 0.6 is 15.9 Å². The van der Waals surface area contributed by atoms with Crippen LogP contribution in [-0.4, -0.2) is 28.8 Å². The van der Waals surface area contributed by atoms with E-state index < -0.39 is 5.60 Å². The molecule has 0 amide bonds. The van der Waals surface area contributed by atoms with Gasteiger partial charge in [-0.2, -0.15) is 0 Å². The largest absolute Gasteiger partial charge is 0.386 e. The van der Waals surface area contributed by atoms with Crippen LogP contribution in [0.4, 0.5) is 10.2 Å². The Bertz CT molecular complexity index is 380. The Morgan fingerprint density at radius 3 is 2.87 bits per heavy atom. The molecule has 82 valence electrons. The average molecular weight is 275 g/mol. The minimum Gasteiger partial charge on any atom is -0.386 e. The van der Waals surface area contributed by atoms with E-state index in [0.717, 1.165) is 0 Å². The van der Waals surface area contributed by atoms with Gasteiger partial charge in [-0.05, 0) is 28.4 Å². The first-order chi connectivity index (χ1) is 7.04. The van der Waals surface area contributed by atoms with Crippen molar-refractivity contribution in [1.29, 1.82) is 0 Å². The van der Waals surface area contributed by atoms with Crippen molar-refractivity contribution in [2.24, 2.45) is 0 Å². The first kappa shape index (κ1) is 10.8. The second-order valence-electron chi connectivity index (χ2n) is 3.89. The molecule has 0 saturated carbocycles. The second kappa shape index (κ2) is 3.72. The number of β-amino-alcohol motifs (C(OH)–C–C–N with tert-alkyl or cyclic N) is 1. The Labute approximate surface area is 96.1 Å². The molecule has 1 aromatic heterocycles. The molecule has 0 unspecified atom stereocenters. The van der Waals surface area contributed by atoms with E-state index in [9.17, 15) is 9.50 Å². The highest BCUT2D eigenvalue weighted by atomic mass is 79.9. The van der Waals surface area contributed by atoms with Crippen LogP contribution in [0, 0.1) is 5.82 Å². The van der Waals surface area contributed by atoms with Crippen LogP contribution in [0.15, 0.2) is 16.7 Å². The fourth-order valence-corrected chi connectivity index (χ4v) is 1.98. The van der Waals surface area contributed by atoms with Gasteiger partial charge in [0.05, 0.1) is 18.7 Å². The molecule has 5 heteroatoms. The van der Waals surface area contributed by atoms with Gasteiger partial charge in [0.15, 0.2) is 11.6 Å². The van der Waals surface area contributed by atoms with Crippen molar-refractivity contribution in [3.05, 3.63) is 22.6 Å². The summed E-state index contributed by atoms with van der Waals surface area (Å²) in [5.74, 6) is -0.0427. The van der Waals surface area contributed by atoms with E-state index in [0.29, 0.717) is 29.8 Å². The Morgan fingerprint density at radius 2 is 2.33 bits per heavy atom. The van der Waals surface area contributed by atoms with Gasteiger partial charge in [0, 0.05) is 10.7 Å². The lowest BCUT2D eigenvalue weighted by atomic mass is 9.91. The van der Waals surface area contributed by atoms with E-state index in [1.807, 2.05) is 6.92 Å². The summed E-state index contributed by atoms with van der Waals surface area (Å²) >= 11 is 3.15. The van der Waals surface area contributed by atoms with E-state index in [1.54, 1.807) is 11.1 Å². The van der Waals surface area contributed by atoms with Crippen LogP contribution in [0.1, 0.15) is 13.3 Å². The minimum absolute atomic E-state index is 0.316. The zero-order chi connectivity index (χ0) is 11.1. The highest BCUT2D eigenvalue weighted by molar-refractivity contribution is 9.10. The summed E-state index contributed by atoms with van der Waals surface area (Å²) < 4.78 is 14.1. The van der Waals surface area contributed by atoms with Gasteiger partial charge in [-0.3, -0.25) is 0 Å². The molecular formula is C10H12BrFN2O. The number of halogens is 2. The molecule has 1 aliphatic heterocycles. The number of anilines is 1. The maximum Gasteiger partial charge on any atom is 0.166 e. The summed E-state index contributed by atoms with van der Waals surface area (Å²) in [6.45, 7) is 2.83. The van der Waals surface area contributed by atoms with Gasteiger partial charge in [-0.1, -0.05) is 6.92 Å². The third-order valence-electron chi connectivity index (χ3n) is 2.72. The zero-order valence-corrected chi connectivity index (χ0v) is 9.96. The van der Waals surface area contributed by atoms with Crippen LogP contribution < -0.4 is 4.90 Å². The Balaban J connectivity index is 2.13. The molecule has 15 heavy (non-hydrogen) atoms. The molecule has 1 aliphatic rings. The van der Waals surface area contributed by atoms with Gasteiger partial charge < -0.3 is 10.0 Å². The smallest absolute Gasteiger partial charge is 0.166 e. The summed E-state index contributed by atoms with van der Waals surface area (Å²) in [6, 6.07) is 1.38. The molecule has 0 radical (unpaired) electrons. The predicted octanol–water partition coefficient (Wildman–Crippen LogP) is 1.94. The third-order valence-corrected chi connectivity index (χ3v) is 3.15. The normalized spacial score (nSPS) is 18.8. The number of pyridine rings is 1. The maximum absolute atomic E-state index is 13.5. The standard InChI is InChI=1S/C10H12BrFN2O/c1-2-10(15)5-14(6-10)9-8(12)3-7(11)4-13-9/h3-4,15H,2,5-6H2,1H3. The van der Waals surface area contributed by atoms with E-state index in [1.165, 1.54) is 6.07 Å². The van der Waals surface area contributed by atoms with Crippen molar-refractivity contribution in [1.82, 2.24) is 4.98 Å². The second-order valence-corrected chi connectivity index (χ2v) is 4.81. The molecule has 0 atom stereocenters. The minimum atomic E-state index is -0.665. The van der Waals surface area contributed by atoms with Crippen molar-refractivity contribution >= 4 is 21.7 Å². The number of hydrogen-bond acceptors (Lipinski definition) is 3. The van der Waals surface area contributed by atoms with Crippen LogP contribution in [0.5, 0.6) is 0 Å². The Kier molecular flexibility index (Phi) is 2.68. The Morgan fingerprint density at radius 1 is 1.67 bits per heavy atom. The van der Waals surface area contributed by atoms with E-state index >= 15 is 0 Å². The van der Waals surface area contributed by atoms with Gasteiger partial charge in [-0.15, -0.1) is 0 Å². The van der Waals surface area contributed by atoms with Gasteiger partial charge in [0.25, 0.3) is 0 Å². The third kappa shape index (κ3) is 1.99. The van der Waals surface area contributed by atoms with E-state index in [2.05, 4.69) is 20.9 Å². The van der Waals surface area contributed by atoms with Crippen LogP contribution in [-0.2, 0) is 0 Å². The fourth-order valence-electron chi connectivity index (χ4n) is 1.68. The number of aliphatic hydroxyl groups is 1. The zero-order valence-electron chi connectivity index (χ0n) is 8.37. The molecular weight excluding hydrogens is 263 g/mol. The SMILES string of the molecule is CCC1(O)CN(c2ncc(Br)cc2F)C1. The summed E-state index contributed by atoms with van der Waals surface area (Å²) in [4.78, 5) is 5.73. The van der Waals surface area contributed by atoms with Crippen LogP contribution in [0.25, 0.3) is 0 Å². The lowest BCUT2D eigenvalue weighted by Gasteiger charge is -2.46. The van der Waals surface area contributed by atoms with Crippen molar-refractivity contribution in [3.8, 4) is 0 Å². The molecule has 1 saturated heterocycles. The van der Waals surface area contributed by atoms with Gasteiger partial charge >= 0.3 is 0 Å². The van der Waals surface area contributed by atoms with Crippen LogP contribution in [0.2, 0.25) is 0 Å².